The third kappa shape index (κ3) is 8.39. The average molecular weight is 216 g/mol. The molecule has 1 amide bonds. The minimum Gasteiger partial charge on any atom is -0.392 e. The van der Waals surface area contributed by atoms with Gasteiger partial charge in [-0.1, -0.05) is 0 Å². The van der Waals surface area contributed by atoms with Crippen LogP contribution in [0.25, 0.3) is 0 Å². The highest BCUT2D eigenvalue weighted by molar-refractivity contribution is 5.76. The Balaban J connectivity index is 3.74. The first-order chi connectivity index (χ1) is 6.72. The van der Waals surface area contributed by atoms with Crippen LogP contribution < -0.4 is 5.32 Å². The monoisotopic (exact) mass is 216 g/mol. The normalized spacial score (nSPS) is 13.7. The molecule has 0 aliphatic rings. The summed E-state index contributed by atoms with van der Waals surface area (Å²) in [5.74, 6) is 0.0626. The molecule has 0 fully saturated rings. The summed E-state index contributed by atoms with van der Waals surface area (Å²) < 4.78 is 0. The van der Waals surface area contributed by atoms with Gasteiger partial charge in [0, 0.05) is 32.1 Å². The molecule has 0 aromatic carbocycles. The van der Waals surface area contributed by atoms with Crippen molar-refractivity contribution in [2.24, 2.45) is 0 Å². The van der Waals surface area contributed by atoms with Gasteiger partial charge in [-0.3, -0.25) is 4.79 Å². The van der Waals surface area contributed by atoms with Gasteiger partial charge in [-0.15, -0.1) is 0 Å². The number of carbonyl (C=O) groups excluding carboxylic acids is 1. The molecule has 0 heterocycles. The number of hydrogen-bond acceptors (Lipinski definition) is 3. The molecular formula is C11H24N2O2. The summed E-state index contributed by atoms with van der Waals surface area (Å²) in [6.07, 6.45) is 0.00931. The van der Waals surface area contributed by atoms with E-state index in [1.807, 2.05) is 0 Å². The van der Waals surface area contributed by atoms with Crippen LogP contribution in [-0.2, 0) is 4.79 Å². The van der Waals surface area contributed by atoms with Crippen molar-refractivity contribution in [2.75, 3.05) is 20.1 Å². The van der Waals surface area contributed by atoms with Crippen LogP contribution >= 0.6 is 0 Å². The fourth-order valence-corrected chi connectivity index (χ4v) is 1.23. The molecule has 0 aliphatic carbocycles. The zero-order valence-electron chi connectivity index (χ0n) is 10.5. The van der Waals surface area contributed by atoms with E-state index in [2.05, 4.69) is 26.1 Å². The number of rotatable bonds is 5. The molecule has 1 atom stereocenters. The van der Waals surface area contributed by atoms with Crippen molar-refractivity contribution in [3.05, 3.63) is 0 Å². The van der Waals surface area contributed by atoms with E-state index in [1.54, 1.807) is 18.9 Å². The van der Waals surface area contributed by atoms with E-state index >= 15 is 0 Å². The number of hydrogen-bond donors (Lipinski definition) is 2. The lowest BCUT2D eigenvalue weighted by Gasteiger charge is -2.22. The van der Waals surface area contributed by atoms with Crippen LogP contribution in [-0.4, -0.2) is 47.7 Å². The summed E-state index contributed by atoms with van der Waals surface area (Å²) >= 11 is 0. The first-order valence-electron chi connectivity index (χ1n) is 5.39. The number of aliphatic hydroxyl groups is 1. The molecule has 0 aromatic heterocycles. The summed E-state index contributed by atoms with van der Waals surface area (Å²) in [5.41, 5.74) is 0.0448. The number of nitrogens with zero attached hydrogens (tertiary/aromatic N) is 1. The fourth-order valence-electron chi connectivity index (χ4n) is 1.23. The molecule has 4 heteroatoms. The van der Waals surface area contributed by atoms with E-state index in [4.69, 9.17) is 5.11 Å². The van der Waals surface area contributed by atoms with Crippen molar-refractivity contribution >= 4 is 5.91 Å². The van der Waals surface area contributed by atoms with Crippen molar-refractivity contribution in [3.63, 3.8) is 0 Å². The lowest BCUT2D eigenvalue weighted by molar-refractivity contribution is -0.130. The molecular weight excluding hydrogens is 192 g/mol. The molecule has 2 N–H and O–H groups in total. The molecule has 0 spiro atoms. The lowest BCUT2D eigenvalue weighted by Crippen LogP contribution is -2.40. The van der Waals surface area contributed by atoms with Crippen LogP contribution in [0.3, 0.4) is 0 Å². The van der Waals surface area contributed by atoms with Crippen molar-refractivity contribution in [1.29, 1.82) is 0 Å². The van der Waals surface area contributed by atoms with Crippen LogP contribution in [0.2, 0.25) is 0 Å². The molecule has 4 nitrogen and oxygen atoms in total. The molecule has 0 bridgehead atoms. The van der Waals surface area contributed by atoms with Crippen LogP contribution in [0, 0.1) is 0 Å². The maximum absolute atomic E-state index is 11.5. The molecule has 90 valence electrons. The van der Waals surface area contributed by atoms with Gasteiger partial charge in [-0.05, 0) is 27.7 Å². The maximum atomic E-state index is 11.5. The second-order valence-electron chi connectivity index (χ2n) is 5.05. The SMILES string of the molecule is CC(O)CN(C)C(=O)CCNC(C)(C)C. The topological polar surface area (TPSA) is 52.6 Å². The third-order valence-electron chi connectivity index (χ3n) is 1.96. The smallest absolute Gasteiger partial charge is 0.223 e. The van der Waals surface area contributed by atoms with Gasteiger partial charge in [0.15, 0.2) is 0 Å². The zero-order chi connectivity index (χ0) is 12.1. The van der Waals surface area contributed by atoms with Crippen molar-refractivity contribution in [2.45, 2.75) is 45.8 Å². The molecule has 0 rings (SSSR count). The van der Waals surface area contributed by atoms with Crippen LogP contribution in [0.4, 0.5) is 0 Å². The molecule has 15 heavy (non-hydrogen) atoms. The van der Waals surface area contributed by atoms with Gasteiger partial charge >= 0.3 is 0 Å². The highest BCUT2D eigenvalue weighted by atomic mass is 16.3. The Morgan fingerprint density at radius 1 is 1.47 bits per heavy atom. The predicted molar refractivity (Wildman–Crippen MR) is 61.7 cm³/mol. The lowest BCUT2D eigenvalue weighted by atomic mass is 10.1. The number of likely N-dealkylation sites (N-methyl/N-ethyl adjacent to an activating group) is 1. The Hall–Kier alpha value is -0.610. The van der Waals surface area contributed by atoms with Gasteiger partial charge in [0.1, 0.15) is 0 Å². The minimum absolute atomic E-state index is 0.0448. The Morgan fingerprint density at radius 3 is 2.40 bits per heavy atom. The molecule has 0 radical (unpaired) electrons. The standard InChI is InChI=1S/C11H24N2O2/c1-9(14)8-13(5)10(15)6-7-12-11(2,3)4/h9,12,14H,6-8H2,1-5H3. The number of carbonyl (C=O) groups is 1. The van der Waals surface area contributed by atoms with E-state index in [-0.39, 0.29) is 11.4 Å². The fraction of sp³-hybridized carbons (Fsp3) is 0.909. The summed E-state index contributed by atoms with van der Waals surface area (Å²) in [6, 6.07) is 0. The Labute approximate surface area is 92.7 Å². The van der Waals surface area contributed by atoms with E-state index in [0.29, 0.717) is 19.5 Å². The van der Waals surface area contributed by atoms with E-state index in [0.717, 1.165) is 0 Å². The maximum Gasteiger partial charge on any atom is 0.223 e. The van der Waals surface area contributed by atoms with E-state index in [9.17, 15) is 4.79 Å². The van der Waals surface area contributed by atoms with Crippen LogP contribution in [0.5, 0.6) is 0 Å². The van der Waals surface area contributed by atoms with Gasteiger partial charge in [-0.2, -0.15) is 0 Å². The van der Waals surface area contributed by atoms with Crippen LogP contribution in [0.15, 0.2) is 0 Å². The molecule has 0 saturated carbocycles. The van der Waals surface area contributed by atoms with Gasteiger partial charge in [0.05, 0.1) is 6.10 Å². The zero-order valence-corrected chi connectivity index (χ0v) is 10.5. The first-order valence-corrected chi connectivity index (χ1v) is 5.39. The van der Waals surface area contributed by atoms with Crippen molar-refractivity contribution in [1.82, 2.24) is 10.2 Å². The molecule has 0 aromatic rings. The second-order valence-corrected chi connectivity index (χ2v) is 5.05. The molecule has 0 saturated heterocycles. The van der Waals surface area contributed by atoms with Gasteiger partial charge in [0.2, 0.25) is 5.91 Å². The molecule has 0 aliphatic heterocycles. The average Bonchev–Trinajstić information content (AvgIpc) is 2.00. The van der Waals surface area contributed by atoms with Crippen LogP contribution in [0.1, 0.15) is 34.1 Å². The summed E-state index contributed by atoms with van der Waals surface area (Å²) in [6.45, 7) is 8.95. The number of nitrogens with one attached hydrogen (secondary N) is 1. The molecule has 1 unspecified atom stereocenters. The Kier molecular flexibility index (Phi) is 5.83. The number of amides is 1. The minimum atomic E-state index is -0.463. The van der Waals surface area contributed by atoms with Crippen molar-refractivity contribution < 1.29 is 9.90 Å². The van der Waals surface area contributed by atoms with E-state index in [1.165, 1.54) is 0 Å². The predicted octanol–water partition coefficient (Wildman–Crippen LogP) is 0.604. The Bertz CT molecular complexity index is 197. The quantitative estimate of drug-likeness (QED) is 0.708. The Morgan fingerprint density at radius 2 is 2.00 bits per heavy atom. The van der Waals surface area contributed by atoms with Gasteiger partial charge in [0.25, 0.3) is 0 Å². The van der Waals surface area contributed by atoms with E-state index < -0.39 is 6.10 Å². The largest absolute Gasteiger partial charge is 0.392 e. The van der Waals surface area contributed by atoms with Crippen molar-refractivity contribution in [3.8, 4) is 0 Å². The summed E-state index contributed by atoms with van der Waals surface area (Å²) in [4.78, 5) is 13.1. The third-order valence-corrected chi connectivity index (χ3v) is 1.96. The van der Waals surface area contributed by atoms with Gasteiger partial charge < -0.3 is 15.3 Å². The summed E-state index contributed by atoms with van der Waals surface area (Å²) in [5, 5.41) is 12.4. The highest BCUT2D eigenvalue weighted by Gasteiger charge is 2.13. The first kappa shape index (κ1) is 14.4. The summed E-state index contributed by atoms with van der Waals surface area (Å²) in [7, 11) is 1.71. The second kappa shape index (κ2) is 6.08. The van der Waals surface area contributed by atoms with Gasteiger partial charge in [-0.25, -0.2) is 0 Å². The highest BCUT2D eigenvalue weighted by Crippen LogP contribution is 1.99. The number of aliphatic hydroxyl groups excluding tert-OH is 1.